The molecular weight excluding hydrogens is 522 g/mol. The molecule has 8 heteroatoms. The van der Waals surface area contributed by atoms with Crippen LogP contribution in [-0.2, 0) is 26.0 Å². The molecule has 0 radical (unpaired) electrons. The zero-order chi connectivity index (χ0) is 28.2. The molecule has 2 aromatic rings. The number of sulfone groups is 1. The number of amides is 2. The SMILES string of the molecule is CS(=O)(=O)c1ccc(CN2CCC3(CCN(CCC(NC(=O)C4CCCCC4)c4ccccc4)CC3)C2=O)cc1. The highest BCUT2D eigenvalue weighted by Crippen LogP contribution is 2.42. The Hall–Kier alpha value is -2.71. The van der Waals surface area contributed by atoms with E-state index in [1.54, 1.807) is 12.1 Å². The molecule has 2 amide bonds. The van der Waals surface area contributed by atoms with Gasteiger partial charge in [0.1, 0.15) is 0 Å². The van der Waals surface area contributed by atoms with Crippen LogP contribution in [-0.4, -0.2) is 62.5 Å². The van der Waals surface area contributed by atoms with Gasteiger partial charge in [-0.3, -0.25) is 9.59 Å². The highest BCUT2D eigenvalue weighted by atomic mass is 32.2. The molecule has 2 saturated heterocycles. The van der Waals surface area contributed by atoms with Gasteiger partial charge < -0.3 is 15.1 Å². The van der Waals surface area contributed by atoms with Crippen molar-refractivity contribution in [3.05, 3.63) is 65.7 Å². The van der Waals surface area contributed by atoms with Gasteiger partial charge in [-0.25, -0.2) is 8.42 Å². The Bertz CT molecular complexity index is 1260. The molecule has 2 aliphatic heterocycles. The zero-order valence-corrected chi connectivity index (χ0v) is 24.5. The van der Waals surface area contributed by atoms with Gasteiger partial charge in [0.2, 0.25) is 11.8 Å². The molecule has 3 aliphatic rings. The molecule has 216 valence electrons. The number of benzene rings is 2. The van der Waals surface area contributed by atoms with Gasteiger partial charge in [0, 0.05) is 31.8 Å². The van der Waals surface area contributed by atoms with Crippen molar-refractivity contribution in [1.82, 2.24) is 15.1 Å². The van der Waals surface area contributed by atoms with Crippen LogP contribution in [0.4, 0.5) is 0 Å². The topological polar surface area (TPSA) is 86.8 Å². The van der Waals surface area contributed by atoms with Gasteiger partial charge in [-0.2, -0.15) is 0 Å². The molecule has 1 saturated carbocycles. The standard InChI is InChI=1S/C32H43N3O4S/c1-40(38,39)28-14-12-25(13-15-28)24-35-23-19-32(31(35)37)17-21-34(22-18-32)20-16-29(26-8-4-2-5-9-26)33-30(36)27-10-6-3-7-11-27/h2,4-5,8-9,12-15,27,29H,3,6-7,10-11,16-24H2,1H3,(H,33,36). The normalized spacial score (nSPS) is 21.0. The largest absolute Gasteiger partial charge is 0.349 e. The fraction of sp³-hybridized carbons (Fsp3) is 0.562. The van der Waals surface area contributed by atoms with E-state index in [9.17, 15) is 18.0 Å². The summed E-state index contributed by atoms with van der Waals surface area (Å²) in [5, 5.41) is 3.38. The Morgan fingerprint density at radius 2 is 1.60 bits per heavy atom. The lowest BCUT2D eigenvalue weighted by molar-refractivity contribution is -0.139. The summed E-state index contributed by atoms with van der Waals surface area (Å²) in [7, 11) is -3.23. The van der Waals surface area contributed by atoms with Gasteiger partial charge in [0.05, 0.1) is 16.4 Å². The molecule has 1 atom stereocenters. The maximum atomic E-state index is 13.5. The Labute approximate surface area is 239 Å². The third kappa shape index (κ3) is 6.77. The van der Waals surface area contributed by atoms with E-state index in [0.717, 1.165) is 88.7 Å². The number of hydrogen-bond acceptors (Lipinski definition) is 5. The number of rotatable bonds is 9. The van der Waals surface area contributed by atoms with Crippen molar-refractivity contribution in [3.63, 3.8) is 0 Å². The lowest BCUT2D eigenvalue weighted by Gasteiger charge is -2.38. The summed E-state index contributed by atoms with van der Waals surface area (Å²) in [6, 6.07) is 17.2. The Balaban J connectivity index is 1.14. The van der Waals surface area contributed by atoms with E-state index in [0.29, 0.717) is 11.4 Å². The van der Waals surface area contributed by atoms with E-state index < -0.39 is 9.84 Å². The summed E-state index contributed by atoms with van der Waals surface area (Å²) in [6.45, 7) is 3.94. The van der Waals surface area contributed by atoms with Crippen molar-refractivity contribution in [2.45, 2.75) is 75.3 Å². The van der Waals surface area contributed by atoms with Crippen LogP contribution in [0.5, 0.6) is 0 Å². The van der Waals surface area contributed by atoms with E-state index in [1.807, 2.05) is 35.2 Å². The molecule has 0 bridgehead atoms. The lowest BCUT2D eigenvalue weighted by atomic mass is 9.77. The molecule has 2 heterocycles. The van der Waals surface area contributed by atoms with Crippen molar-refractivity contribution in [1.29, 1.82) is 0 Å². The van der Waals surface area contributed by atoms with E-state index in [-0.39, 0.29) is 29.2 Å². The fourth-order valence-corrected chi connectivity index (χ4v) is 7.38. The highest BCUT2D eigenvalue weighted by Gasteiger charge is 2.47. The van der Waals surface area contributed by atoms with Gasteiger partial charge >= 0.3 is 0 Å². The minimum atomic E-state index is -3.23. The van der Waals surface area contributed by atoms with Crippen LogP contribution in [0, 0.1) is 11.3 Å². The number of hydrogen-bond donors (Lipinski definition) is 1. The number of nitrogens with zero attached hydrogens (tertiary/aromatic N) is 2. The van der Waals surface area contributed by atoms with Gasteiger partial charge in [-0.1, -0.05) is 61.7 Å². The maximum absolute atomic E-state index is 13.5. The second-order valence-electron chi connectivity index (χ2n) is 12.1. The molecule has 2 aromatic carbocycles. The summed E-state index contributed by atoms with van der Waals surface area (Å²) in [5.41, 5.74) is 1.83. The van der Waals surface area contributed by atoms with Crippen LogP contribution >= 0.6 is 0 Å². The zero-order valence-electron chi connectivity index (χ0n) is 23.7. The predicted molar refractivity (Wildman–Crippen MR) is 156 cm³/mol. The first kappa shape index (κ1) is 28.8. The number of carbonyl (C=O) groups is 2. The van der Waals surface area contributed by atoms with Gasteiger partial charge in [0.25, 0.3) is 0 Å². The molecule has 3 fully saturated rings. The molecule has 1 N–H and O–H groups in total. The molecule has 7 nitrogen and oxygen atoms in total. The minimum absolute atomic E-state index is 0.00389. The van der Waals surface area contributed by atoms with Crippen LogP contribution in [0.25, 0.3) is 0 Å². The fourth-order valence-electron chi connectivity index (χ4n) is 6.75. The summed E-state index contributed by atoms with van der Waals surface area (Å²) < 4.78 is 23.5. The van der Waals surface area contributed by atoms with E-state index in [1.165, 1.54) is 12.7 Å². The van der Waals surface area contributed by atoms with Gasteiger partial charge in [0.15, 0.2) is 9.84 Å². The minimum Gasteiger partial charge on any atom is -0.349 e. The van der Waals surface area contributed by atoms with Crippen LogP contribution in [0.2, 0.25) is 0 Å². The summed E-state index contributed by atoms with van der Waals surface area (Å²) in [4.78, 5) is 31.3. The maximum Gasteiger partial charge on any atom is 0.229 e. The molecule has 1 aliphatic carbocycles. The summed E-state index contributed by atoms with van der Waals surface area (Å²) >= 11 is 0. The Morgan fingerprint density at radius 3 is 2.25 bits per heavy atom. The van der Waals surface area contributed by atoms with Crippen molar-refractivity contribution in [2.24, 2.45) is 11.3 Å². The second-order valence-corrected chi connectivity index (χ2v) is 14.1. The molecular formula is C32H43N3O4S. The third-order valence-corrected chi connectivity index (χ3v) is 10.5. The smallest absolute Gasteiger partial charge is 0.229 e. The quantitative estimate of drug-likeness (QED) is 0.475. The first-order chi connectivity index (χ1) is 19.2. The van der Waals surface area contributed by atoms with Crippen molar-refractivity contribution < 1.29 is 18.0 Å². The van der Waals surface area contributed by atoms with Crippen LogP contribution in [0.15, 0.2) is 59.5 Å². The van der Waals surface area contributed by atoms with Gasteiger partial charge in [-0.05, 0) is 74.9 Å². The second kappa shape index (κ2) is 12.4. The molecule has 5 rings (SSSR count). The van der Waals surface area contributed by atoms with Crippen LogP contribution in [0.3, 0.4) is 0 Å². The van der Waals surface area contributed by atoms with Crippen molar-refractivity contribution in [2.75, 3.05) is 32.4 Å². The third-order valence-electron chi connectivity index (χ3n) is 9.37. The molecule has 1 spiro atoms. The van der Waals surface area contributed by atoms with E-state index >= 15 is 0 Å². The predicted octanol–water partition coefficient (Wildman–Crippen LogP) is 4.73. The number of piperidine rings is 1. The number of nitrogens with one attached hydrogen (secondary N) is 1. The van der Waals surface area contributed by atoms with Gasteiger partial charge in [-0.15, -0.1) is 0 Å². The Morgan fingerprint density at radius 1 is 0.950 bits per heavy atom. The molecule has 40 heavy (non-hydrogen) atoms. The van der Waals surface area contributed by atoms with E-state index in [4.69, 9.17) is 0 Å². The van der Waals surface area contributed by atoms with Crippen molar-refractivity contribution >= 4 is 21.7 Å². The molecule has 0 aromatic heterocycles. The summed E-state index contributed by atoms with van der Waals surface area (Å²) in [6.07, 6.45) is 10.2. The Kier molecular flexibility index (Phi) is 8.95. The lowest BCUT2D eigenvalue weighted by Crippen LogP contribution is -2.45. The average molecular weight is 566 g/mol. The van der Waals surface area contributed by atoms with Crippen LogP contribution in [0.1, 0.15) is 75.0 Å². The number of carbonyl (C=O) groups excluding carboxylic acids is 2. The first-order valence-corrected chi connectivity index (χ1v) is 16.8. The first-order valence-electron chi connectivity index (χ1n) is 14.9. The van der Waals surface area contributed by atoms with Crippen molar-refractivity contribution in [3.8, 4) is 0 Å². The average Bonchev–Trinajstić information content (AvgIpc) is 3.26. The van der Waals surface area contributed by atoms with Crippen LogP contribution < -0.4 is 5.32 Å². The number of likely N-dealkylation sites (tertiary alicyclic amines) is 2. The molecule has 1 unspecified atom stereocenters. The highest BCUT2D eigenvalue weighted by molar-refractivity contribution is 7.90. The monoisotopic (exact) mass is 565 g/mol. The van der Waals surface area contributed by atoms with E-state index in [2.05, 4.69) is 22.3 Å². The summed E-state index contributed by atoms with van der Waals surface area (Å²) in [5.74, 6) is 0.582.